The molecule has 1 N–H and O–H groups in total. The summed E-state index contributed by atoms with van der Waals surface area (Å²) in [4.78, 5) is 18.8. The van der Waals surface area contributed by atoms with E-state index >= 15 is 0 Å². The van der Waals surface area contributed by atoms with Crippen LogP contribution in [0.25, 0.3) is 0 Å². The first-order valence-corrected chi connectivity index (χ1v) is 9.66. The Morgan fingerprint density at radius 1 is 1.18 bits per heavy atom. The first-order chi connectivity index (χ1) is 13.7. The number of nitrogens with one attached hydrogen (secondary N) is 1. The highest BCUT2D eigenvalue weighted by Gasteiger charge is 2.39. The summed E-state index contributed by atoms with van der Waals surface area (Å²) < 4.78 is 25.2. The van der Waals surface area contributed by atoms with Crippen LogP contribution in [-0.4, -0.2) is 49.5 Å². The molecule has 1 spiro atoms. The van der Waals surface area contributed by atoms with Crippen LogP contribution in [-0.2, 0) is 15.9 Å². The lowest BCUT2D eigenvalue weighted by Crippen LogP contribution is -2.45. The zero-order valence-electron chi connectivity index (χ0n) is 15.7. The minimum atomic E-state index is -0.420. The lowest BCUT2D eigenvalue weighted by Gasteiger charge is -2.38. The van der Waals surface area contributed by atoms with Gasteiger partial charge in [0, 0.05) is 44.4 Å². The van der Waals surface area contributed by atoms with E-state index in [2.05, 4.69) is 15.2 Å². The van der Waals surface area contributed by atoms with Crippen LogP contribution >= 0.6 is 0 Å². The predicted octanol–water partition coefficient (Wildman–Crippen LogP) is 2.54. The summed E-state index contributed by atoms with van der Waals surface area (Å²) in [6.07, 6.45) is 3.69. The van der Waals surface area contributed by atoms with Crippen molar-refractivity contribution in [1.29, 1.82) is 0 Å². The normalized spacial score (nSPS) is 18.4. The summed E-state index contributed by atoms with van der Waals surface area (Å²) >= 11 is 0. The molecule has 0 bridgehead atoms. The van der Waals surface area contributed by atoms with Crippen molar-refractivity contribution in [1.82, 2.24) is 10.3 Å². The van der Waals surface area contributed by atoms with Crippen molar-refractivity contribution in [2.45, 2.75) is 25.0 Å². The van der Waals surface area contributed by atoms with Gasteiger partial charge in [0.2, 0.25) is 0 Å². The molecule has 1 amide bonds. The van der Waals surface area contributed by atoms with Gasteiger partial charge in [0.1, 0.15) is 11.5 Å². The van der Waals surface area contributed by atoms with Gasteiger partial charge in [-0.3, -0.25) is 9.78 Å². The molecule has 1 aromatic carbocycles. The number of ether oxygens (including phenoxy) is 2. The van der Waals surface area contributed by atoms with E-state index in [1.165, 1.54) is 6.07 Å². The van der Waals surface area contributed by atoms with Crippen LogP contribution in [0.2, 0.25) is 0 Å². The van der Waals surface area contributed by atoms with Crippen molar-refractivity contribution in [2.24, 2.45) is 0 Å². The maximum Gasteiger partial charge on any atom is 0.269 e. The Balaban J connectivity index is 1.33. The topological polar surface area (TPSA) is 63.7 Å². The Kier molecular flexibility index (Phi) is 5.54. The molecule has 2 saturated heterocycles. The third kappa shape index (κ3) is 4.15. The van der Waals surface area contributed by atoms with Crippen LogP contribution in [0.3, 0.4) is 0 Å². The van der Waals surface area contributed by atoms with Gasteiger partial charge in [-0.1, -0.05) is 18.2 Å². The molecule has 0 atom stereocenters. The van der Waals surface area contributed by atoms with Crippen molar-refractivity contribution in [3.63, 3.8) is 0 Å². The van der Waals surface area contributed by atoms with E-state index in [1.54, 1.807) is 30.5 Å². The third-order valence-electron chi connectivity index (χ3n) is 5.32. The zero-order chi connectivity index (χ0) is 19.4. The molecule has 6 nitrogen and oxygen atoms in total. The molecule has 0 unspecified atom stereocenters. The van der Waals surface area contributed by atoms with Crippen LogP contribution < -0.4 is 10.2 Å². The molecular formula is C21H24FN3O3. The van der Waals surface area contributed by atoms with Crippen molar-refractivity contribution in [2.75, 3.05) is 37.7 Å². The third-order valence-corrected chi connectivity index (χ3v) is 5.32. The number of hydrogen-bond acceptors (Lipinski definition) is 5. The first kappa shape index (κ1) is 18.8. The number of hydrogen-bond donors (Lipinski definition) is 1. The fourth-order valence-corrected chi connectivity index (χ4v) is 3.73. The minimum Gasteiger partial charge on any atom is -0.371 e. The van der Waals surface area contributed by atoms with E-state index in [0.717, 1.165) is 31.6 Å². The summed E-state index contributed by atoms with van der Waals surface area (Å²) in [6.45, 7) is 3.28. The maximum absolute atomic E-state index is 13.7. The minimum absolute atomic E-state index is 0.255. The average molecular weight is 385 g/mol. The molecule has 0 aliphatic carbocycles. The van der Waals surface area contributed by atoms with E-state index in [0.29, 0.717) is 37.4 Å². The number of aromatic nitrogens is 1. The number of halogens is 1. The monoisotopic (exact) mass is 385 g/mol. The highest BCUT2D eigenvalue weighted by atomic mass is 19.1. The predicted molar refractivity (Wildman–Crippen MR) is 103 cm³/mol. The van der Waals surface area contributed by atoms with Crippen molar-refractivity contribution < 1.29 is 18.7 Å². The maximum atomic E-state index is 13.7. The Hall–Kier alpha value is -2.51. The zero-order valence-corrected chi connectivity index (χ0v) is 15.7. The van der Waals surface area contributed by atoms with E-state index in [4.69, 9.17) is 9.47 Å². The number of rotatable bonds is 5. The number of piperidine rings is 1. The van der Waals surface area contributed by atoms with Crippen LogP contribution in [0, 0.1) is 5.82 Å². The van der Waals surface area contributed by atoms with Crippen LogP contribution in [0.1, 0.15) is 28.9 Å². The van der Waals surface area contributed by atoms with Gasteiger partial charge >= 0.3 is 0 Å². The second-order valence-corrected chi connectivity index (χ2v) is 7.09. The molecule has 148 valence electrons. The summed E-state index contributed by atoms with van der Waals surface area (Å²) in [5, 5.41) is 2.82. The van der Waals surface area contributed by atoms with Crippen LogP contribution in [0.5, 0.6) is 0 Å². The Labute approximate surface area is 163 Å². The van der Waals surface area contributed by atoms with Gasteiger partial charge in [-0.25, -0.2) is 4.39 Å². The Morgan fingerprint density at radius 2 is 1.93 bits per heavy atom. The number of anilines is 1. The van der Waals surface area contributed by atoms with Crippen molar-refractivity contribution >= 4 is 11.6 Å². The van der Waals surface area contributed by atoms with Gasteiger partial charge in [-0.15, -0.1) is 0 Å². The highest BCUT2D eigenvalue weighted by molar-refractivity contribution is 5.93. The van der Waals surface area contributed by atoms with Gasteiger partial charge in [0.15, 0.2) is 5.79 Å². The highest BCUT2D eigenvalue weighted by Crippen LogP contribution is 2.33. The molecule has 28 heavy (non-hydrogen) atoms. The molecule has 1 aromatic heterocycles. The smallest absolute Gasteiger partial charge is 0.269 e. The number of nitrogens with zero attached hydrogens (tertiary/aromatic N) is 2. The quantitative estimate of drug-likeness (QED) is 0.857. The van der Waals surface area contributed by atoms with Gasteiger partial charge in [-0.05, 0) is 30.2 Å². The molecule has 2 aliphatic heterocycles. The van der Waals surface area contributed by atoms with E-state index in [-0.39, 0.29) is 11.7 Å². The van der Waals surface area contributed by atoms with Crippen LogP contribution in [0.4, 0.5) is 10.1 Å². The molecular weight excluding hydrogens is 361 g/mol. The summed E-state index contributed by atoms with van der Waals surface area (Å²) in [5.41, 5.74) is 1.91. The Morgan fingerprint density at radius 3 is 2.68 bits per heavy atom. The molecule has 3 heterocycles. The molecule has 2 fully saturated rings. The molecule has 7 heteroatoms. The fourth-order valence-electron chi connectivity index (χ4n) is 3.73. The number of carbonyl (C=O) groups is 1. The molecule has 0 saturated carbocycles. The number of pyridine rings is 1. The standard InChI is InChI=1S/C21H24FN3O3/c22-18-4-2-1-3-16(18)5-9-24-20(26)19-15-17(6-10-23-19)25-11-7-21(8-12-25)27-13-14-28-21/h1-4,6,10,15H,5,7-9,11-14H2,(H,24,26). The van der Waals surface area contributed by atoms with E-state index in [9.17, 15) is 9.18 Å². The van der Waals surface area contributed by atoms with Gasteiger partial charge in [0.05, 0.1) is 13.2 Å². The number of carbonyl (C=O) groups excluding carboxylic acids is 1. The van der Waals surface area contributed by atoms with Gasteiger partial charge < -0.3 is 19.7 Å². The number of amides is 1. The summed E-state index contributed by atoms with van der Waals surface area (Å²) in [7, 11) is 0. The second kappa shape index (κ2) is 8.24. The fraction of sp³-hybridized carbons (Fsp3) is 0.429. The van der Waals surface area contributed by atoms with Gasteiger partial charge in [-0.2, -0.15) is 0 Å². The first-order valence-electron chi connectivity index (χ1n) is 9.66. The molecule has 4 rings (SSSR count). The van der Waals surface area contributed by atoms with Crippen molar-refractivity contribution in [3.05, 3.63) is 59.7 Å². The second-order valence-electron chi connectivity index (χ2n) is 7.09. The van der Waals surface area contributed by atoms with Crippen molar-refractivity contribution in [3.8, 4) is 0 Å². The Bertz CT molecular complexity index is 829. The van der Waals surface area contributed by atoms with E-state index < -0.39 is 5.79 Å². The summed E-state index contributed by atoms with van der Waals surface area (Å²) in [6, 6.07) is 10.3. The SMILES string of the molecule is O=C(NCCc1ccccc1F)c1cc(N2CCC3(CC2)OCCO3)ccn1. The molecule has 2 aliphatic rings. The molecule has 0 radical (unpaired) electrons. The van der Waals surface area contributed by atoms with Gasteiger partial charge in [0.25, 0.3) is 5.91 Å². The lowest BCUT2D eigenvalue weighted by atomic mass is 10.0. The van der Waals surface area contributed by atoms with E-state index in [1.807, 2.05) is 6.07 Å². The molecule has 2 aromatic rings. The number of benzene rings is 1. The largest absolute Gasteiger partial charge is 0.371 e. The lowest BCUT2D eigenvalue weighted by molar-refractivity contribution is -0.169. The average Bonchev–Trinajstić information content (AvgIpc) is 3.18. The van der Waals surface area contributed by atoms with Crippen LogP contribution in [0.15, 0.2) is 42.6 Å². The summed E-state index contributed by atoms with van der Waals surface area (Å²) in [5.74, 6) is -0.930.